The van der Waals surface area contributed by atoms with Crippen LogP contribution in [0.3, 0.4) is 0 Å². The normalized spacial score (nSPS) is 10.2. The molecule has 19 heavy (non-hydrogen) atoms. The summed E-state index contributed by atoms with van der Waals surface area (Å²) in [5, 5.41) is 10.0. The molecule has 0 radical (unpaired) electrons. The molecule has 0 bridgehead atoms. The van der Waals surface area contributed by atoms with E-state index < -0.39 is 5.54 Å². The quantitative estimate of drug-likeness (QED) is 0.387. The lowest BCUT2D eigenvalue weighted by molar-refractivity contribution is -0.981. The molecule has 0 rings (SSSR count). The van der Waals surface area contributed by atoms with Crippen molar-refractivity contribution in [3.63, 3.8) is 0 Å². The van der Waals surface area contributed by atoms with Crippen LogP contribution in [0.5, 0.6) is 0 Å². The van der Waals surface area contributed by atoms with Gasteiger partial charge in [0.15, 0.2) is 13.2 Å². The fourth-order valence-corrected chi connectivity index (χ4v) is 0.604. The second kappa shape index (κ2) is 11.7. The van der Waals surface area contributed by atoms with E-state index in [1.165, 1.54) is 0 Å². The summed E-state index contributed by atoms with van der Waals surface area (Å²) in [6, 6.07) is 0. The van der Waals surface area contributed by atoms with Gasteiger partial charge in [0.1, 0.15) is 4.91 Å². The van der Waals surface area contributed by atoms with Crippen LogP contribution in [-0.4, -0.2) is 28.8 Å². The molecular weight excluding hydrogens is 252 g/mol. The summed E-state index contributed by atoms with van der Waals surface area (Å²) in [5.41, 5.74) is -0.778. The summed E-state index contributed by atoms with van der Waals surface area (Å²) in [5.74, 6) is 0. The lowest BCUT2D eigenvalue weighted by Gasteiger charge is -2.05. The number of nitrogens with zero attached hydrogens (tertiary/aromatic N) is 2. The molecule has 7 heteroatoms. The van der Waals surface area contributed by atoms with Crippen molar-refractivity contribution in [3.8, 4) is 0 Å². The van der Waals surface area contributed by atoms with Gasteiger partial charge in [-0.3, -0.25) is 10.1 Å². The summed E-state index contributed by atoms with van der Waals surface area (Å²) in [7, 11) is 0. The van der Waals surface area contributed by atoms with E-state index in [4.69, 9.17) is 0 Å². The minimum atomic E-state index is -0.778. The van der Waals surface area contributed by atoms with Crippen LogP contribution in [0.4, 0.5) is 0 Å². The molecule has 0 N–H and O–H groups in total. The molecule has 0 aliphatic rings. The summed E-state index contributed by atoms with van der Waals surface area (Å²) >= 11 is 0. The predicted octanol–water partition coefficient (Wildman–Crippen LogP) is 3.29. The van der Waals surface area contributed by atoms with Crippen molar-refractivity contribution >= 4 is 0 Å². The first kappa shape index (κ1) is 19.9. The Morgan fingerprint density at radius 2 is 1.26 bits per heavy atom. The molecule has 0 heterocycles. The third-order valence-corrected chi connectivity index (χ3v) is 1.94. The van der Waals surface area contributed by atoms with Gasteiger partial charge in [0.05, 0.1) is 0 Å². The fourth-order valence-electron chi connectivity index (χ4n) is 0.604. The van der Waals surface area contributed by atoms with Crippen molar-refractivity contribution in [1.82, 2.24) is 0 Å². The standard InChI is InChI=1S/C8H18NO3.C4H9NO2/c1-3-5-7-11-9(10)12-8-6-4-2;1-4(2,3)5(6)7/h3-8H2,1-2H3;1-3H3/q+1;. The predicted molar refractivity (Wildman–Crippen MR) is 72.1 cm³/mol. The Morgan fingerprint density at radius 1 is 0.947 bits per heavy atom. The molecule has 0 aromatic rings. The highest BCUT2D eigenvalue weighted by molar-refractivity contribution is 4.54. The zero-order valence-electron chi connectivity index (χ0n) is 12.7. The Labute approximate surface area is 114 Å². The average Bonchev–Trinajstić information content (AvgIpc) is 2.29. The van der Waals surface area contributed by atoms with Crippen molar-refractivity contribution in [2.24, 2.45) is 0 Å². The number of unbranched alkanes of at least 4 members (excludes halogenated alkanes) is 2. The van der Waals surface area contributed by atoms with Gasteiger partial charge in [-0.05, 0) is 12.8 Å². The van der Waals surface area contributed by atoms with Crippen molar-refractivity contribution in [2.45, 2.75) is 65.8 Å². The van der Waals surface area contributed by atoms with E-state index in [0.29, 0.717) is 13.2 Å². The monoisotopic (exact) mass is 279 g/mol. The molecule has 0 amide bonds. The van der Waals surface area contributed by atoms with Crippen LogP contribution in [0, 0.1) is 15.0 Å². The molecule has 0 saturated carbocycles. The van der Waals surface area contributed by atoms with E-state index in [0.717, 1.165) is 25.7 Å². The third kappa shape index (κ3) is 16.6. The van der Waals surface area contributed by atoms with Gasteiger partial charge in [-0.2, -0.15) is 9.68 Å². The number of hydrogen-bond donors (Lipinski definition) is 0. The van der Waals surface area contributed by atoms with Crippen LogP contribution < -0.4 is 0 Å². The lowest BCUT2D eigenvalue weighted by atomic mass is 10.1. The van der Waals surface area contributed by atoms with Crippen LogP contribution in [0.2, 0.25) is 0 Å². The molecular formula is C12H27N2O5+. The first-order valence-electron chi connectivity index (χ1n) is 6.63. The number of rotatable bonds is 8. The van der Waals surface area contributed by atoms with Crippen LogP contribution in [0.1, 0.15) is 60.3 Å². The van der Waals surface area contributed by atoms with Crippen molar-refractivity contribution < 1.29 is 19.7 Å². The smallest absolute Gasteiger partial charge is 0.264 e. The maximum absolute atomic E-state index is 10.7. The topological polar surface area (TPSA) is 81.7 Å². The first-order chi connectivity index (χ1) is 8.75. The maximum Gasteiger partial charge on any atom is 0.477 e. The third-order valence-electron chi connectivity index (χ3n) is 1.94. The summed E-state index contributed by atoms with van der Waals surface area (Å²) in [6.07, 6.45) is 3.80. The average molecular weight is 279 g/mol. The van der Waals surface area contributed by atoms with Gasteiger partial charge in [-0.25, -0.2) is 0 Å². The van der Waals surface area contributed by atoms with Crippen molar-refractivity contribution in [1.29, 1.82) is 0 Å². The van der Waals surface area contributed by atoms with Gasteiger partial charge in [0.2, 0.25) is 5.54 Å². The van der Waals surface area contributed by atoms with Crippen LogP contribution in [0.25, 0.3) is 0 Å². The Hall–Kier alpha value is -1.40. The highest BCUT2D eigenvalue weighted by Crippen LogP contribution is 2.02. The van der Waals surface area contributed by atoms with E-state index in [1.807, 2.05) is 13.8 Å². The Balaban J connectivity index is 0. The van der Waals surface area contributed by atoms with Gasteiger partial charge in [-0.1, -0.05) is 26.7 Å². The van der Waals surface area contributed by atoms with Crippen LogP contribution in [-0.2, 0) is 9.68 Å². The first-order valence-corrected chi connectivity index (χ1v) is 6.63. The summed E-state index contributed by atoms with van der Waals surface area (Å²) < 4.78 is 0. The lowest BCUT2D eigenvalue weighted by Crippen LogP contribution is -2.25. The molecule has 0 atom stereocenters. The molecule has 114 valence electrons. The van der Waals surface area contributed by atoms with Crippen molar-refractivity contribution in [2.75, 3.05) is 13.2 Å². The molecule has 0 aromatic heterocycles. The van der Waals surface area contributed by atoms with Gasteiger partial charge >= 0.3 is 5.09 Å². The molecule has 0 unspecified atom stereocenters. The Morgan fingerprint density at radius 3 is 1.47 bits per heavy atom. The van der Waals surface area contributed by atoms with E-state index in [1.54, 1.807) is 20.8 Å². The second-order valence-corrected chi connectivity index (χ2v) is 5.03. The van der Waals surface area contributed by atoms with E-state index >= 15 is 0 Å². The summed E-state index contributed by atoms with van der Waals surface area (Å²) in [6.45, 7) is 9.64. The van der Waals surface area contributed by atoms with Gasteiger partial charge < -0.3 is 0 Å². The maximum atomic E-state index is 10.7. The van der Waals surface area contributed by atoms with Gasteiger partial charge in [0.25, 0.3) is 0 Å². The highest BCUT2D eigenvalue weighted by Gasteiger charge is 2.21. The summed E-state index contributed by atoms with van der Waals surface area (Å²) in [4.78, 5) is 29.5. The zero-order chi connectivity index (χ0) is 15.3. The van der Waals surface area contributed by atoms with Gasteiger partial charge in [0, 0.05) is 25.7 Å². The highest BCUT2D eigenvalue weighted by atomic mass is 17.0. The second-order valence-electron chi connectivity index (χ2n) is 5.03. The molecule has 7 nitrogen and oxygen atoms in total. The van der Waals surface area contributed by atoms with Gasteiger partial charge in [-0.15, -0.1) is 0 Å². The number of nitro groups is 1. The SMILES string of the molecule is CC(C)(C)[N+](=O)[O-].CCCCO[N+](=O)OCCCC. The zero-order valence-corrected chi connectivity index (χ0v) is 12.7. The van der Waals surface area contributed by atoms with E-state index in [9.17, 15) is 15.0 Å². The molecule has 0 fully saturated rings. The Bertz CT molecular complexity index is 239. The minimum Gasteiger partial charge on any atom is -0.264 e. The number of hydrogen-bond acceptors (Lipinski definition) is 5. The molecule has 0 aliphatic heterocycles. The van der Waals surface area contributed by atoms with E-state index in [-0.39, 0.29) is 10.0 Å². The Kier molecular flexibility index (Phi) is 12.2. The fraction of sp³-hybridized carbons (Fsp3) is 1.00. The molecule has 0 saturated heterocycles. The molecule has 0 spiro atoms. The molecule has 0 aromatic carbocycles. The van der Waals surface area contributed by atoms with E-state index in [2.05, 4.69) is 9.68 Å². The van der Waals surface area contributed by atoms with Crippen LogP contribution in [0.15, 0.2) is 0 Å². The minimum absolute atomic E-state index is 0.214. The largest absolute Gasteiger partial charge is 0.477 e. The molecule has 0 aliphatic carbocycles. The van der Waals surface area contributed by atoms with Crippen LogP contribution >= 0.6 is 0 Å². The van der Waals surface area contributed by atoms with Crippen molar-refractivity contribution in [3.05, 3.63) is 15.0 Å².